The van der Waals surface area contributed by atoms with Crippen molar-refractivity contribution in [3.8, 4) is 0 Å². The lowest BCUT2D eigenvalue weighted by molar-refractivity contribution is -0.134. The fourth-order valence-corrected chi connectivity index (χ4v) is 1.94. The molecule has 1 saturated carbocycles. The molecular weight excluding hydrogens is 164 g/mol. The van der Waals surface area contributed by atoms with Crippen LogP contribution in [0, 0.1) is 5.92 Å². The SMILES string of the molecule is [NH]C(C(=O)N1CCCCC1)C1CC1. The number of piperidine rings is 1. The van der Waals surface area contributed by atoms with Gasteiger partial charge in [0.05, 0.1) is 0 Å². The predicted octanol–water partition coefficient (Wildman–Crippen LogP) is 1.06. The van der Waals surface area contributed by atoms with Crippen molar-refractivity contribution in [1.29, 1.82) is 0 Å². The highest BCUT2D eigenvalue weighted by molar-refractivity contribution is 5.82. The zero-order chi connectivity index (χ0) is 9.26. The standard InChI is InChI=1S/C10H17N2O/c11-9(8-4-5-8)10(13)12-6-2-1-3-7-12/h8-9,11H,1-7H2. The van der Waals surface area contributed by atoms with Crippen molar-refractivity contribution < 1.29 is 4.79 Å². The van der Waals surface area contributed by atoms with E-state index in [9.17, 15) is 4.79 Å². The first kappa shape index (κ1) is 9.00. The van der Waals surface area contributed by atoms with E-state index < -0.39 is 6.04 Å². The van der Waals surface area contributed by atoms with Crippen LogP contribution in [-0.4, -0.2) is 29.9 Å². The van der Waals surface area contributed by atoms with Gasteiger partial charge in [-0.15, -0.1) is 0 Å². The van der Waals surface area contributed by atoms with Gasteiger partial charge in [-0.1, -0.05) is 0 Å². The Hall–Kier alpha value is -0.570. The van der Waals surface area contributed by atoms with E-state index in [4.69, 9.17) is 5.73 Å². The molecule has 1 atom stereocenters. The topological polar surface area (TPSA) is 44.1 Å². The highest BCUT2D eigenvalue weighted by Gasteiger charge is 2.36. The van der Waals surface area contributed by atoms with Crippen molar-refractivity contribution in [1.82, 2.24) is 10.6 Å². The van der Waals surface area contributed by atoms with E-state index in [-0.39, 0.29) is 5.91 Å². The Morgan fingerprint density at radius 2 is 1.85 bits per heavy atom. The normalized spacial score (nSPS) is 25.8. The van der Waals surface area contributed by atoms with Crippen LogP contribution < -0.4 is 5.73 Å². The van der Waals surface area contributed by atoms with Crippen LogP contribution in [0.25, 0.3) is 0 Å². The van der Waals surface area contributed by atoms with Crippen molar-refractivity contribution in [3.05, 3.63) is 0 Å². The van der Waals surface area contributed by atoms with Gasteiger partial charge in [0.15, 0.2) is 0 Å². The summed E-state index contributed by atoms with van der Waals surface area (Å²) in [6.07, 6.45) is 5.68. The Bertz CT molecular complexity index is 195. The molecule has 1 unspecified atom stereocenters. The number of hydrogen-bond donors (Lipinski definition) is 0. The molecule has 2 fully saturated rings. The van der Waals surface area contributed by atoms with E-state index in [2.05, 4.69) is 0 Å². The zero-order valence-electron chi connectivity index (χ0n) is 7.96. The molecule has 0 bridgehead atoms. The molecule has 1 heterocycles. The minimum Gasteiger partial charge on any atom is -0.341 e. The van der Waals surface area contributed by atoms with Gasteiger partial charge in [0, 0.05) is 13.1 Å². The fraction of sp³-hybridized carbons (Fsp3) is 0.900. The molecule has 13 heavy (non-hydrogen) atoms. The first-order chi connectivity index (χ1) is 6.29. The number of nitrogens with one attached hydrogen (secondary N) is 1. The molecule has 3 heteroatoms. The zero-order valence-corrected chi connectivity index (χ0v) is 7.96. The third-order valence-corrected chi connectivity index (χ3v) is 3.03. The van der Waals surface area contributed by atoms with E-state index in [1.807, 2.05) is 4.90 Å². The number of amides is 1. The lowest BCUT2D eigenvalue weighted by Crippen LogP contribution is -2.43. The van der Waals surface area contributed by atoms with Crippen LogP contribution in [0.1, 0.15) is 32.1 Å². The molecule has 2 aliphatic rings. The number of nitrogens with zero attached hydrogens (tertiary/aromatic N) is 1. The number of hydrogen-bond acceptors (Lipinski definition) is 1. The van der Waals surface area contributed by atoms with E-state index in [1.165, 1.54) is 6.42 Å². The largest absolute Gasteiger partial charge is 0.341 e. The maximum absolute atomic E-state index is 11.7. The van der Waals surface area contributed by atoms with Gasteiger partial charge >= 0.3 is 0 Å². The Kier molecular flexibility index (Phi) is 2.54. The molecule has 73 valence electrons. The van der Waals surface area contributed by atoms with Gasteiger partial charge in [0.25, 0.3) is 0 Å². The second-order valence-electron chi connectivity index (χ2n) is 4.20. The van der Waals surface area contributed by atoms with E-state index >= 15 is 0 Å². The maximum Gasteiger partial charge on any atom is 0.241 e. The number of rotatable bonds is 2. The molecule has 1 saturated heterocycles. The first-order valence-electron chi connectivity index (χ1n) is 5.29. The highest BCUT2D eigenvalue weighted by Crippen LogP contribution is 2.33. The van der Waals surface area contributed by atoms with Crippen LogP contribution >= 0.6 is 0 Å². The second kappa shape index (κ2) is 3.66. The van der Waals surface area contributed by atoms with Gasteiger partial charge in [-0.05, 0) is 38.0 Å². The Labute approximate surface area is 79.3 Å². The molecule has 0 spiro atoms. The van der Waals surface area contributed by atoms with Gasteiger partial charge in [-0.2, -0.15) is 0 Å². The van der Waals surface area contributed by atoms with E-state index in [0.717, 1.165) is 38.8 Å². The highest BCUT2D eigenvalue weighted by atomic mass is 16.2. The van der Waals surface area contributed by atoms with Crippen LogP contribution in [0.15, 0.2) is 0 Å². The molecule has 0 aromatic heterocycles. The minimum absolute atomic E-state index is 0.0854. The lowest BCUT2D eigenvalue weighted by atomic mass is 10.1. The Morgan fingerprint density at radius 3 is 2.38 bits per heavy atom. The summed E-state index contributed by atoms with van der Waals surface area (Å²) in [5.74, 6) is 0.469. The molecule has 2 rings (SSSR count). The summed E-state index contributed by atoms with van der Waals surface area (Å²) in [7, 11) is 0. The van der Waals surface area contributed by atoms with Gasteiger partial charge < -0.3 is 4.90 Å². The van der Waals surface area contributed by atoms with Gasteiger partial charge in [0.1, 0.15) is 6.04 Å². The first-order valence-corrected chi connectivity index (χ1v) is 5.29. The summed E-state index contributed by atoms with van der Waals surface area (Å²) in [5.41, 5.74) is 7.74. The van der Waals surface area contributed by atoms with Gasteiger partial charge in [-0.25, -0.2) is 5.73 Å². The molecule has 1 aliphatic carbocycles. The summed E-state index contributed by atoms with van der Waals surface area (Å²) in [6.45, 7) is 1.78. The molecule has 1 aliphatic heterocycles. The maximum atomic E-state index is 11.7. The predicted molar refractivity (Wildman–Crippen MR) is 50.0 cm³/mol. The fourth-order valence-electron chi connectivity index (χ4n) is 1.94. The second-order valence-corrected chi connectivity index (χ2v) is 4.20. The monoisotopic (exact) mass is 181 g/mol. The van der Waals surface area contributed by atoms with Crippen LogP contribution in [0.2, 0.25) is 0 Å². The van der Waals surface area contributed by atoms with Crippen molar-refractivity contribution >= 4 is 5.91 Å². The third-order valence-electron chi connectivity index (χ3n) is 3.03. The lowest BCUT2D eigenvalue weighted by Gasteiger charge is -2.28. The third kappa shape index (κ3) is 2.02. The van der Waals surface area contributed by atoms with Gasteiger partial charge in [0.2, 0.25) is 5.91 Å². The van der Waals surface area contributed by atoms with Crippen LogP contribution in [0.5, 0.6) is 0 Å². The molecule has 1 N–H and O–H groups in total. The number of carbonyl (C=O) groups excluding carboxylic acids is 1. The quantitative estimate of drug-likeness (QED) is 0.628. The van der Waals surface area contributed by atoms with E-state index in [0.29, 0.717) is 5.92 Å². The summed E-state index contributed by atoms with van der Waals surface area (Å²) < 4.78 is 0. The van der Waals surface area contributed by atoms with Crippen molar-refractivity contribution in [3.63, 3.8) is 0 Å². The molecule has 1 radical (unpaired) electrons. The van der Waals surface area contributed by atoms with Crippen molar-refractivity contribution in [2.45, 2.75) is 38.1 Å². The van der Waals surface area contributed by atoms with Crippen LogP contribution in [0.4, 0.5) is 0 Å². The molecule has 0 aromatic rings. The average molecular weight is 181 g/mol. The van der Waals surface area contributed by atoms with Crippen LogP contribution in [-0.2, 0) is 4.79 Å². The van der Waals surface area contributed by atoms with Crippen LogP contribution in [0.3, 0.4) is 0 Å². The summed E-state index contributed by atoms with van der Waals surface area (Å²) in [5, 5.41) is 0. The van der Waals surface area contributed by atoms with Crippen molar-refractivity contribution in [2.24, 2.45) is 5.92 Å². The summed E-state index contributed by atoms with van der Waals surface area (Å²) >= 11 is 0. The summed E-state index contributed by atoms with van der Waals surface area (Å²) in [4.78, 5) is 13.6. The smallest absolute Gasteiger partial charge is 0.241 e. The molecule has 0 aromatic carbocycles. The summed E-state index contributed by atoms with van der Waals surface area (Å²) in [6, 6.07) is -0.446. The Balaban J connectivity index is 1.86. The molecule has 3 nitrogen and oxygen atoms in total. The minimum atomic E-state index is -0.446. The van der Waals surface area contributed by atoms with Gasteiger partial charge in [-0.3, -0.25) is 4.79 Å². The van der Waals surface area contributed by atoms with E-state index in [1.54, 1.807) is 0 Å². The Morgan fingerprint density at radius 1 is 1.23 bits per heavy atom. The average Bonchev–Trinajstić information content (AvgIpc) is 3.00. The van der Waals surface area contributed by atoms with Crippen molar-refractivity contribution in [2.75, 3.05) is 13.1 Å². The number of carbonyl (C=O) groups is 1. The number of likely N-dealkylation sites (tertiary alicyclic amines) is 1. The molecule has 1 amide bonds. The molecular formula is C10H17N2O.